The smallest absolute Gasteiger partial charge is 0.223 e. The zero-order valence-electron chi connectivity index (χ0n) is 12.3. The fourth-order valence-electron chi connectivity index (χ4n) is 3.35. The van der Waals surface area contributed by atoms with Crippen molar-refractivity contribution in [2.75, 3.05) is 13.1 Å². The van der Waals surface area contributed by atoms with E-state index in [-0.39, 0.29) is 11.8 Å². The fraction of sp³-hybridized carbons (Fsp3) is 0.933. The largest absolute Gasteiger partial charge is 0.353 e. The maximum atomic E-state index is 12.2. The molecule has 0 aromatic heterocycles. The molecule has 1 saturated heterocycles. The molecule has 104 valence electrons. The minimum Gasteiger partial charge on any atom is -0.353 e. The summed E-state index contributed by atoms with van der Waals surface area (Å²) in [6.45, 7) is 11.0. The number of hydrogen-bond acceptors (Lipinski definition) is 2. The zero-order valence-corrected chi connectivity index (χ0v) is 12.3. The minimum atomic E-state index is 0.161. The second kappa shape index (κ2) is 5.20. The number of carbonyl (C=O) groups excluding carboxylic acids is 1. The third-order valence-corrected chi connectivity index (χ3v) is 4.95. The molecule has 3 unspecified atom stereocenters. The first-order chi connectivity index (χ1) is 8.39. The molecule has 2 N–H and O–H groups in total. The maximum Gasteiger partial charge on any atom is 0.223 e. The molecule has 2 rings (SSSR count). The highest BCUT2D eigenvalue weighted by atomic mass is 16.1. The normalized spacial score (nSPS) is 33.6. The van der Waals surface area contributed by atoms with E-state index in [4.69, 9.17) is 0 Å². The van der Waals surface area contributed by atoms with Gasteiger partial charge >= 0.3 is 0 Å². The molecule has 3 nitrogen and oxygen atoms in total. The molecule has 1 heterocycles. The number of rotatable bonds is 3. The van der Waals surface area contributed by atoms with Gasteiger partial charge in [0.15, 0.2) is 0 Å². The summed E-state index contributed by atoms with van der Waals surface area (Å²) in [4.78, 5) is 12.2. The summed E-state index contributed by atoms with van der Waals surface area (Å²) in [6.07, 6.45) is 3.58. The molecule has 3 atom stereocenters. The van der Waals surface area contributed by atoms with Crippen molar-refractivity contribution in [2.45, 2.75) is 53.0 Å². The Hall–Kier alpha value is -0.570. The molecular weight excluding hydrogens is 224 g/mol. The van der Waals surface area contributed by atoms with E-state index >= 15 is 0 Å². The number of carbonyl (C=O) groups is 1. The van der Waals surface area contributed by atoms with Crippen molar-refractivity contribution in [1.82, 2.24) is 10.6 Å². The van der Waals surface area contributed by atoms with Gasteiger partial charge in [-0.05, 0) is 49.6 Å². The molecule has 0 spiro atoms. The van der Waals surface area contributed by atoms with Gasteiger partial charge in [0.1, 0.15) is 0 Å². The van der Waals surface area contributed by atoms with Gasteiger partial charge < -0.3 is 10.6 Å². The Balaban J connectivity index is 1.83. The highest BCUT2D eigenvalue weighted by Gasteiger charge is 2.35. The molecule has 1 aliphatic carbocycles. The van der Waals surface area contributed by atoms with Crippen molar-refractivity contribution in [1.29, 1.82) is 0 Å². The molecule has 0 aromatic rings. The predicted molar refractivity (Wildman–Crippen MR) is 74.3 cm³/mol. The summed E-state index contributed by atoms with van der Waals surface area (Å²) in [5.74, 6) is 1.57. The van der Waals surface area contributed by atoms with Crippen molar-refractivity contribution in [3.05, 3.63) is 0 Å². The van der Waals surface area contributed by atoms with Crippen molar-refractivity contribution in [3.63, 3.8) is 0 Å². The summed E-state index contributed by atoms with van der Waals surface area (Å²) in [6, 6.07) is 0.390. The molecule has 1 saturated carbocycles. The Morgan fingerprint density at radius 1 is 1.39 bits per heavy atom. The Bertz CT molecular complexity index is 310. The lowest BCUT2D eigenvalue weighted by molar-refractivity contribution is -0.128. The van der Waals surface area contributed by atoms with Crippen LogP contribution in [-0.4, -0.2) is 25.0 Å². The van der Waals surface area contributed by atoms with E-state index in [0.29, 0.717) is 23.3 Å². The second-order valence-electron chi connectivity index (χ2n) is 7.21. The summed E-state index contributed by atoms with van der Waals surface area (Å²) < 4.78 is 0. The predicted octanol–water partition coefficient (Wildman–Crippen LogP) is 2.17. The van der Waals surface area contributed by atoms with Gasteiger partial charge in [-0.15, -0.1) is 0 Å². The highest BCUT2D eigenvalue weighted by Crippen LogP contribution is 2.38. The topological polar surface area (TPSA) is 41.1 Å². The highest BCUT2D eigenvalue weighted by molar-refractivity contribution is 5.79. The van der Waals surface area contributed by atoms with Gasteiger partial charge in [-0.1, -0.05) is 27.7 Å². The van der Waals surface area contributed by atoms with Crippen LogP contribution in [0.15, 0.2) is 0 Å². The minimum absolute atomic E-state index is 0.161. The Morgan fingerprint density at radius 2 is 2.06 bits per heavy atom. The standard InChI is InChI=1S/C15H28N2O/c1-10-7-15(3,4)6-5-13(10)17-14(18)11(2)12-8-16-9-12/h10-13,16H,5-9H2,1-4H3,(H,17,18). The fourth-order valence-corrected chi connectivity index (χ4v) is 3.35. The van der Waals surface area contributed by atoms with Crippen LogP contribution in [0.25, 0.3) is 0 Å². The van der Waals surface area contributed by atoms with Crippen LogP contribution in [0.5, 0.6) is 0 Å². The molecule has 3 heteroatoms. The van der Waals surface area contributed by atoms with Gasteiger partial charge in [0.2, 0.25) is 5.91 Å². The maximum absolute atomic E-state index is 12.2. The first-order valence-electron chi connectivity index (χ1n) is 7.40. The van der Waals surface area contributed by atoms with E-state index in [1.165, 1.54) is 12.8 Å². The van der Waals surface area contributed by atoms with E-state index in [0.717, 1.165) is 19.5 Å². The third-order valence-electron chi connectivity index (χ3n) is 4.95. The first-order valence-corrected chi connectivity index (χ1v) is 7.40. The molecule has 18 heavy (non-hydrogen) atoms. The van der Waals surface area contributed by atoms with E-state index < -0.39 is 0 Å². The Labute approximate surface area is 111 Å². The van der Waals surface area contributed by atoms with E-state index in [1.807, 2.05) is 0 Å². The molecule has 0 aromatic carbocycles. The monoisotopic (exact) mass is 252 g/mol. The average Bonchev–Trinajstić information content (AvgIpc) is 2.18. The lowest BCUT2D eigenvalue weighted by Gasteiger charge is -2.40. The van der Waals surface area contributed by atoms with Gasteiger partial charge in [-0.2, -0.15) is 0 Å². The van der Waals surface area contributed by atoms with Crippen molar-refractivity contribution >= 4 is 5.91 Å². The van der Waals surface area contributed by atoms with E-state index in [1.54, 1.807) is 0 Å². The summed E-state index contributed by atoms with van der Waals surface area (Å²) in [5.41, 5.74) is 0.449. The average molecular weight is 252 g/mol. The van der Waals surface area contributed by atoms with Gasteiger partial charge in [0.25, 0.3) is 0 Å². The van der Waals surface area contributed by atoms with Crippen molar-refractivity contribution in [2.24, 2.45) is 23.2 Å². The van der Waals surface area contributed by atoms with Crippen molar-refractivity contribution in [3.8, 4) is 0 Å². The summed E-state index contributed by atoms with van der Waals surface area (Å²) in [5, 5.41) is 6.53. The molecule has 1 amide bonds. The van der Waals surface area contributed by atoms with Gasteiger partial charge in [-0.25, -0.2) is 0 Å². The van der Waals surface area contributed by atoms with Crippen LogP contribution in [0.1, 0.15) is 47.0 Å². The molecule has 1 aliphatic heterocycles. The lowest BCUT2D eigenvalue weighted by Crippen LogP contribution is -2.52. The van der Waals surface area contributed by atoms with Crippen LogP contribution in [0.2, 0.25) is 0 Å². The number of amides is 1. The van der Waals surface area contributed by atoms with Crippen LogP contribution >= 0.6 is 0 Å². The second-order valence-corrected chi connectivity index (χ2v) is 7.21. The van der Waals surface area contributed by atoms with E-state index in [2.05, 4.69) is 38.3 Å². The van der Waals surface area contributed by atoms with Gasteiger partial charge in [0.05, 0.1) is 0 Å². The molecular formula is C15H28N2O. The lowest BCUT2D eigenvalue weighted by atomic mass is 9.70. The van der Waals surface area contributed by atoms with Crippen LogP contribution in [0, 0.1) is 23.2 Å². The summed E-state index contributed by atoms with van der Waals surface area (Å²) in [7, 11) is 0. The zero-order chi connectivity index (χ0) is 13.3. The Kier molecular flexibility index (Phi) is 4.00. The SMILES string of the molecule is CC1CC(C)(C)CCC1NC(=O)C(C)C1CNC1. The third kappa shape index (κ3) is 3.05. The van der Waals surface area contributed by atoms with E-state index in [9.17, 15) is 4.79 Å². The molecule has 0 bridgehead atoms. The van der Waals surface area contributed by atoms with Gasteiger partial charge in [-0.3, -0.25) is 4.79 Å². The molecule has 0 radical (unpaired) electrons. The molecule has 2 aliphatic rings. The summed E-state index contributed by atoms with van der Waals surface area (Å²) >= 11 is 0. The number of hydrogen-bond donors (Lipinski definition) is 2. The van der Waals surface area contributed by atoms with Crippen LogP contribution in [-0.2, 0) is 4.79 Å². The number of nitrogens with one attached hydrogen (secondary N) is 2. The quantitative estimate of drug-likeness (QED) is 0.808. The van der Waals surface area contributed by atoms with Crippen molar-refractivity contribution < 1.29 is 4.79 Å². The van der Waals surface area contributed by atoms with Crippen LogP contribution < -0.4 is 10.6 Å². The first kappa shape index (κ1) is 13.9. The van der Waals surface area contributed by atoms with Crippen LogP contribution in [0.3, 0.4) is 0 Å². The molecule has 2 fully saturated rings. The van der Waals surface area contributed by atoms with Crippen LogP contribution in [0.4, 0.5) is 0 Å². The Morgan fingerprint density at radius 3 is 2.56 bits per heavy atom. The van der Waals surface area contributed by atoms with Gasteiger partial charge in [0, 0.05) is 12.0 Å².